The number of halogens is 1. The van der Waals surface area contributed by atoms with Gasteiger partial charge in [-0.1, -0.05) is 6.07 Å². The lowest BCUT2D eigenvalue weighted by Crippen LogP contribution is -2.30. The second-order valence-electron chi connectivity index (χ2n) is 4.49. The lowest BCUT2D eigenvalue weighted by molar-refractivity contribution is -0.124. The first kappa shape index (κ1) is 16.0. The number of ether oxygens (including phenoxy) is 1. The van der Waals surface area contributed by atoms with E-state index in [2.05, 4.69) is 5.32 Å². The zero-order chi connectivity index (χ0) is 15.9. The van der Waals surface area contributed by atoms with Crippen molar-refractivity contribution in [1.29, 1.82) is 0 Å². The molecule has 0 aliphatic carbocycles. The van der Waals surface area contributed by atoms with Crippen LogP contribution in [0.3, 0.4) is 0 Å². The Hall–Kier alpha value is -2.41. The summed E-state index contributed by atoms with van der Waals surface area (Å²) in [6.07, 6.45) is 0.724. The Balaban J connectivity index is 1.74. The van der Waals surface area contributed by atoms with Gasteiger partial charge in [0.25, 0.3) is 5.91 Å². The quantitative estimate of drug-likeness (QED) is 0.629. The fourth-order valence-corrected chi connectivity index (χ4v) is 2.47. The van der Waals surface area contributed by atoms with E-state index < -0.39 is 24.3 Å². The molecular weight excluding hydrogens is 307 g/mol. The standard InChI is InChI=1S/C15H15FN2O3S/c16-10-3-4-12(13(17)8-10)15(20)21-9-14(19)18-6-5-11-2-1-7-22-11/h1-4,7-8H,5-6,9,17H2,(H,18,19). The minimum atomic E-state index is -0.758. The highest BCUT2D eigenvalue weighted by Gasteiger charge is 2.13. The number of nitrogens with one attached hydrogen (secondary N) is 1. The summed E-state index contributed by atoms with van der Waals surface area (Å²) in [6, 6.07) is 7.28. The summed E-state index contributed by atoms with van der Waals surface area (Å²) in [6.45, 7) is 0.0652. The van der Waals surface area contributed by atoms with Crippen LogP contribution >= 0.6 is 11.3 Å². The van der Waals surface area contributed by atoms with Gasteiger partial charge in [0.15, 0.2) is 6.61 Å². The minimum Gasteiger partial charge on any atom is -0.452 e. The molecule has 22 heavy (non-hydrogen) atoms. The van der Waals surface area contributed by atoms with Crippen molar-refractivity contribution in [2.24, 2.45) is 0 Å². The molecule has 0 aliphatic heterocycles. The Morgan fingerprint density at radius 1 is 1.32 bits per heavy atom. The van der Waals surface area contributed by atoms with Gasteiger partial charge in [0.2, 0.25) is 0 Å². The molecule has 2 rings (SSSR count). The summed E-state index contributed by atoms with van der Waals surface area (Å²) in [4.78, 5) is 24.5. The molecule has 1 heterocycles. The zero-order valence-electron chi connectivity index (χ0n) is 11.7. The normalized spacial score (nSPS) is 10.2. The highest BCUT2D eigenvalue weighted by molar-refractivity contribution is 7.09. The Morgan fingerprint density at radius 2 is 2.14 bits per heavy atom. The van der Waals surface area contributed by atoms with E-state index >= 15 is 0 Å². The van der Waals surface area contributed by atoms with Gasteiger partial charge in [-0.05, 0) is 36.1 Å². The van der Waals surface area contributed by atoms with Crippen LogP contribution in [-0.4, -0.2) is 25.0 Å². The first-order valence-corrected chi connectivity index (χ1v) is 7.45. The molecule has 7 heteroatoms. The van der Waals surface area contributed by atoms with E-state index in [1.807, 2.05) is 17.5 Å². The summed E-state index contributed by atoms with van der Waals surface area (Å²) in [5.74, 6) is -1.70. The van der Waals surface area contributed by atoms with Gasteiger partial charge < -0.3 is 15.8 Å². The van der Waals surface area contributed by atoms with E-state index in [1.165, 1.54) is 6.07 Å². The number of nitrogen functional groups attached to an aromatic ring is 1. The highest BCUT2D eigenvalue weighted by atomic mass is 32.1. The average molecular weight is 322 g/mol. The summed E-state index contributed by atoms with van der Waals surface area (Å²) in [7, 11) is 0. The SMILES string of the molecule is Nc1cc(F)ccc1C(=O)OCC(=O)NCCc1cccs1. The van der Waals surface area contributed by atoms with Crippen molar-refractivity contribution in [2.45, 2.75) is 6.42 Å². The first-order valence-electron chi connectivity index (χ1n) is 6.57. The number of hydrogen-bond acceptors (Lipinski definition) is 5. The van der Waals surface area contributed by atoms with Crippen LogP contribution in [0.5, 0.6) is 0 Å². The molecule has 1 aromatic heterocycles. The molecule has 0 bridgehead atoms. The van der Waals surface area contributed by atoms with Crippen LogP contribution in [0, 0.1) is 5.82 Å². The second kappa shape index (κ2) is 7.56. The summed E-state index contributed by atoms with van der Waals surface area (Å²) < 4.78 is 17.7. The molecule has 0 saturated carbocycles. The van der Waals surface area contributed by atoms with Crippen molar-refractivity contribution >= 4 is 28.9 Å². The van der Waals surface area contributed by atoms with Gasteiger partial charge in [-0.3, -0.25) is 4.79 Å². The number of amides is 1. The highest BCUT2D eigenvalue weighted by Crippen LogP contribution is 2.14. The van der Waals surface area contributed by atoms with Gasteiger partial charge in [0.05, 0.1) is 5.56 Å². The van der Waals surface area contributed by atoms with Crippen LogP contribution < -0.4 is 11.1 Å². The van der Waals surface area contributed by atoms with E-state index in [-0.39, 0.29) is 11.3 Å². The number of hydrogen-bond donors (Lipinski definition) is 2. The molecule has 1 amide bonds. The van der Waals surface area contributed by atoms with Gasteiger partial charge in [-0.25, -0.2) is 9.18 Å². The topological polar surface area (TPSA) is 81.4 Å². The smallest absolute Gasteiger partial charge is 0.340 e. The number of thiophene rings is 1. The summed E-state index contributed by atoms with van der Waals surface area (Å²) in [5, 5.41) is 4.62. The fraction of sp³-hybridized carbons (Fsp3) is 0.200. The van der Waals surface area contributed by atoms with Crippen molar-refractivity contribution < 1.29 is 18.7 Å². The van der Waals surface area contributed by atoms with Crippen LogP contribution in [0.4, 0.5) is 10.1 Å². The van der Waals surface area contributed by atoms with Gasteiger partial charge >= 0.3 is 5.97 Å². The average Bonchev–Trinajstić information content (AvgIpc) is 2.98. The third-order valence-corrected chi connectivity index (χ3v) is 3.78. The number of rotatable bonds is 6. The molecular formula is C15H15FN2O3S. The molecule has 0 aliphatic rings. The molecule has 5 nitrogen and oxygen atoms in total. The first-order chi connectivity index (χ1) is 10.6. The predicted molar refractivity (Wildman–Crippen MR) is 82.1 cm³/mol. The van der Waals surface area contributed by atoms with Crippen LogP contribution in [0.25, 0.3) is 0 Å². The van der Waals surface area contributed by atoms with Crippen molar-refractivity contribution in [3.05, 3.63) is 52.0 Å². The van der Waals surface area contributed by atoms with Crippen molar-refractivity contribution in [3.63, 3.8) is 0 Å². The van der Waals surface area contributed by atoms with E-state index in [1.54, 1.807) is 11.3 Å². The Morgan fingerprint density at radius 3 is 2.82 bits per heavy atom. The number of esters is 1. The van der Waals surface area contributed by atoms with E-state index in [9.17, 15) is 14.0 Å². The molecule has 0 fully saturated rings. The lowest BCUT2D eigenvalue weighted by atomic mass is 10.2. The van der Waals surface area contributed by atoms with E-state index in [0.717, 1.165) is 23.4 Å². The zero-order valence-corrected chi connectivity index (χ0v) is 12.5. The number of benzene rings is 1. The molecule has 2 aromatic rings. The molecule has 0 radical (unpaired) electrons. The third-order valence-electron chi connectivity index (χ3n) is 2.84. The number of nitrogens with two attached hydrogens (primary N) is 1. The van der Waals surface area contributed by atoms with Gasteiger partial charge in [-0.15, -0.1) is 11.3 Å². The maximum atomic E-state index is 12.9. The van der Waals surface area contributed by atoms with Gasteiger partial charge in [0.1, 0.15) is 5.82 Å². The number of carbonyl (C=O) groups is 2. The van der Waals surface area contributed by atoms with Crippen molar-refractivity contribution in [3.8, 4) is 0 Å². The van der Waals surface area contributed by atoms with Crippen LogP contribution in [-0.2, 0) is 16.0 Å². The van der Waals surface area contributed by atoms with Crippen LogP contribution in [0.15, 0.2) is 35.7 Å². The Bertz CT molecular complexity index is 659. The summed E-state index contributed by atoms with van der Waals surface area (Å²) in [5.41, 5.74) is 5.53. The lowest BCUT2D eigenvalue weighted by Gasteiger charge is -2.07. The molecule has 1 aromatic carbocycles. The number of carbonyl (C=O) groups excluding carboxylic acids is 2. The fourth-order valence-electron chi connectivity index (χ4n) is 1.76. The maximum absolute atomic E-state index is 12.9. The van der Waals surface area contributed by atoms with Gasteiger partial charge in [0, 0.05) is 17.1 Å². The predicted octanol–water partition coefficient (Wildman–Crippen LogP) is 1.99. The van der Waals surface area contributed by atoms with E-state index in [4.69, 9.17) is 10.5 Å². The molecule has 3 N–H and O–H groups in total. The monoisotopic (exact) mass is 322 g/mol. The Labute approximate surface area is 130 Å². The second-order valence-corrected chi connectivity index (χ2v) is 5.52. The van der Waals surface area contributed by atoms with E-state index in [0.29, 0.717) is 6.54 Å². The molecule has 0 atom stereocenters. The largest absolute Gasteiger partial charge is 0.452 e. The van der Waals surface area contributed by atoms with Crippen LogP contribution in [0.2, 0.25) is 0 Å². The summed E-state index contributed by atoms with van der Waals surface area (Å²) >= 11 is 1.61. The Kier molecular flexibility index (Phi) is 5.48. The molecule has 0 spiro atoms. The molecule has 0 unspecified atom stereocenters. The number of anilines is 1. The van der Waals surface area contributed by atoms with Crippen molar-refractivity contribution in [1.82, 2.24) is 5.32 Å². The molecule has 0 saturated heterocycles. The third kappa shape index (κ3) is 4.56. The van der Waals surface area contributed by atoms with Crippen LogP contribution in [0.1, 0.15) is 15.2 Å². The maximum Gasteiger partial charge on any atom is 0.340 e. The van der Waals surface area contributed by atoms with Crippen molar-refractivity contribution in [2.75, 3.05) is 18.9 Å². The minimum absolute atomic E-state index is 0.0249. The van der Waals surface area contributed by atoms with Gasteiger partial charge in [-0.2, -0.15) is 0 Å². The molecule has 116 valence electrons.